The lowest BCUT2D eigenvalue weighted by molar-refractivity contribution is -0.258. The van der Waals surface area contributed by atoms with Gasteiger partial charge >= 0.3 is 6.18 Å². The summed E-state index contributed by atoms with van der Waals surface area (Å²) >= 11 is 0. The molecule has 0 saturated heterocycles. The van der Waals surface area contributed by atoms with Gasteiger partial charge in [0.15, 0.2) is 5.60 Å². The summed E-state index contributed by atoms with van der Waals surface area (Å²) < 4.78 is 45.4. The van der Waals surface area contributed by atoms with Gasteiger partial charge in [0.05, 0.1) is 6.61 Å². The monoisotopic (exact) mass is 312 g/mol. The molecule has 0 bridgehead atoms. The Morgan fingerprint density at radius 3 is 2.41 bits per heavy atom. The van der Waals surface area contributed by atoms with E-state index in [1.165, 1.54) is 6.07 Å². The number of benzene rings is 2. The minimum Gasteiger partial charge on any atom is -0.493 e. The van der Waals surface area contributed by atoms with Crippen molar-refractivity contribution >= 4 is 10.8 Å². The molecule has 1 N–H and O–H groups in total. The van der Waals surface area contributed by atoms with E-state index in [-0.39, 0.29) is 11.3 Å². The summed E-state index contributed by atoms with van der Waals surface area (Å²) in [7, 11) is 0. The first-order chi connectivity index (χ1) is 10.3. The number of rotatable bonds is 5. The Labute approximate surface area is 127 Å². The zero-order chi connectivity index (χ0) is 16.4. The molecule has 0 aliphatic heterocycles. The standard InChI is InChI=1S/C17H19F3O2/c1-3-4-11-22-14-10-9-12-7-5-6-8-13(12)15(14)16(2,21)17(18,19)20/h5-10,21H,3-4,11H2,1-2H3. The smallest absolute Gasteiger partial charge is 0.421 e. The van der Waals surface area contributed by atoms with E-state index in [0.717, 1.165) is 19.8 Å². The maximum atomic E-state index is 13.3. The molecule has 0 amide bonds. The molecule has 5 heteroatoms. The summed E-state index contributed by atoms with van der Waals surface area (Å²) in [5.41, 5.74) is -3.20. The van der Waals surface area contributed by atoms with Crippen molar-refractivity contribution in [2.75, 3.05) is 6.61 Å². The predicted molar refractivity (Wildman–Crippen MR) is 80.0 cm³/mol. The van der Waals surface area contributed by atoms with E-state index in [0.29, 0.717) is 17.4 Å². The summed E-state index contributed by atoms with van der Waals surface area (Å²) in [5, 5.41) is 11.1. The molecule has 0 aliphatic rings. The number of ether oxygens (including phenoxy) is 1. The van der Waals surface area contributed by atoms with Crippen LogP contribution in [0, 0.1) is 0 Å². The number of halogens is 3. The number of hydrogen-bond donors (Lipinski definition) is 1. The molecule has 2 nitrogen and oxygen atoms in total. The quantitative estimate of drug-likeness (QED) is 0.804. The molecule has 1 unspecified atom stereocenters. The number of hydrogen-bond acceptors (Lipinski definition) is 2. The van der Waals surface area contributed by atoms with Gasteiger partial charge in [0.1, 0.15) is 5.75 Å². The van der Waals surface area contributed by atoms with Crippen molar-refractivity contribution in [3.05, 3.63) is 42.0 Å². The fourth-order valence-electron chi connectivity index (χ4n) is 2.34. The van der Waals surface area contributed by atoms with Crippen molar-refractivity contribution in [3.63, 3.8) is 0 Å². The zero-order valence-electron chi connectivity index (χ0n) is 12.6. The first-order valence-electron chi connectivity index (χ1n) is 7.23. The van der Waals surface area contributed by atoms with Crippen molar-refractivity contribution in [2.24, 2.45) is 0 Å². The lowest BCUT2D eigenvalue weighted by Crippen LogP contribution is -2.39. The summed E-state index contributed by atoms with van der Waals surface area (Å²) in [6.45, 7) is 3.05. The van der Waals surface area contributed by atoms with Crippen LogP contribution in [0.4, 0.5) is 13.2 Å². The molecule has 0 heterocycles. The van der Waals surface area contributed by atoms with Gasteiger partial charge < -0.3 is 9.84 Å². The summed E-state index contributed by atoms with van der Waals surface area (Å²) in [5.74, 6) is 0.0782. The Bertz CT molecular complexity index is 648. The predicted octanol–water partition coefficient (Wildman–Crippen LogP) is 4.79. The fourth-order valence-corrected chi connectivity index (χ4v) is 2.34. The molecular formula is C17H19F3O2. The van der Waals surface area contributed by atoms with E-state index >= 15 is 0 Å². The molecule has 0 aromatic heterocycles. The van der Waals surface area contributed by atoms with Gasteiger partial charge in [-0.2, -0.15) is 13.2 Å². The van der Waals surface area contributed by atoms with Crippen LogP contribution in [0.15, 0.2) is 36.4 Å². The van der Waals surface area contributed by atoms with Crippen LogP contribution in [0.2, 0.25) is 0 Å². The summed E-state index contributed by atoms with van der Waals surface area (Å²) in [6, 6.07) is 9.86. The van der Waals surface area contributed by atoms with E-state index in [1.54, 1.807) is 30.3 Å². The molecule has 2 aromatic carbocycles. The number of aliphatic hydroxyl groups is 1. The maximum Gasteiger partial charge on any atom is 0.421 e. The summed E-state index contributed by atoms with van der Waals surface area (Å²) in [4.78, 5) is 0. The van der Waals surface area contributed by atoms with Gasteiger partial charge in [-0.1, -0.05) is 43.7 Å². The van der Waals surface area contributed by atoms with Gasteiger partial charge in [-0.3, -0.25) is 0 Å². The van der Waals surface area contributed by atoms with Crippen LogP contribution < -0.4 is 4.74 Å². The van der Waals surface area contributed by atoms with Crippen LogP contribution in [0.25, 0.3) is 10.8 Å². The first-order valence-corrected chi connectivity index (χ1v) is 7.23. The zero-order valence-corrected chi connectivity index (χ0v) is 12.6. The molecule has 22 heavy (non-hydrogen) atoms. The van der Waals surface area contributed by atoms with Gasteiger partial charge in [-0.25, -0.2) is 0 Å². The van der Waals surface area contributed by atoms with E-state index in [2.05, 4.69) is 0 Å². The molecule has 0 aliphatic carbocycles. The van der Waals surface area contributed by atoms with E-state index in [4.69, 9.17) is 4.74 Å². The third-order valence-corrected chi connectivity index (χ3v) is 3.69. The third kappa shape index (κ3) is 3.04. The molecule has 2 aromatic rings. The number of fused-ring (bicyclic) bond motifs is 1. The van der Waals surface area contributed by atoms with Crippen molar-refractivity contribution in [1.29, 1.82) is 0 Å². The first kappa shape index (κ1) is 16.6. The fraction of sp³-hybridized carbons (Fsp3) is 0.412. The highest BCUT2D eigenvalue weighted by atomic mass is 19.4. The normalized spacial score (nSPS) is 14.8. The Balaban J connectivity index is 2.62. The number of alkyl halides is 3. The Kier molecular flexibility index (Phi) is 4.66. The van der Waals surface area contributed by atoms with Crippen molar-refractivity contribution in [1.82, 2.24) is 0 Å². The van der Waals surface area contributed by atoms with Gasteiger partial charge in [-0.05, 0) is 30.2 Å². The molecular weight excluding hydrogens is 293 g/mol. The molecule has 1 atom stereocenters. The topological polar surface area (TPSA) is 29.5 Å². The van der Waals surface area contributed by atoms with Gasteiger partial charge in [0, 0.05) is 5.56 Å². The second-order valence-corrected chi connectivity index (χ2v) is 5.43. The Morgan fingerprint density at radius 2 is 1.77 bits per heavy atom. The molecule has 2 rings (SSSR count). The molecule has 0 fully saturated rings. The van der Waals surface area contributed by atoms with Crippen LogP contribution in [0.5, 0.6) is 5.75 Å². The lowest BCUT2D eigenvalue weighted by atomic mass is 9.89. The summed E-state index contributed by atoms with van der Waals surface area (Å²) in [6.07, 6.45) is -3.18. The highest BCUT2D eigenvalue weighted by Gasteiger charge is 2.53. The van der Waals surface area contributed by atoms with Crippen molar-refractivity contribution in [3.8, 4) is 5.75 Å². The van der Waals surface area contributed by atoms with Gasteiger partial charge in [0.25, 0.3) is 0 Å². The minimum absolute atomic E-state index is 0.0782. The molecule has 0 saturated carbocycles. The lowest BCUT2D eigenvalue weighted by Gasteiger charge is -2.29. The SMILES string of the molecule is CCCCOc1ccc2ccccc2c1C(C)(O)C(F)(F)F. The number of unbranched alkanes of at least 4 members (excludes halogenated alkanes) is 1. The molecule has 120 valence electrons. The Morgan fingerprint density at radius 1 is 1.09 bits per heavy atom. The maximum absolute atomic E-state index is 13.3. The Hall–Kier alpha value is -1.75. The second-order valence-electron chi connectivity index (χ2n) is 5.43. The van der Waals surface area contributed by atoms with E-state index in [1.807, 2.05) is 6.92 Å². The highest BCUT2D eigenvalue weighted by Crippen LogP contribution is 2.45. The van der Waals surface area contributed by atoms with Crippen LogP contribution in [-0.4, -0.2) is 17.9 Å². The van der Waals surface area contributed by atoms with Crippen LogP contribution in [0.3, 0.4) is 0 Å². The average molecular weight is 312 g/mol. The van der Waals surface area contributed by atoms with Crippen molar-refractivity contribution < 1.29 is 23.0 Å². The van der Waals surface area contributed by atoms with Crippen molar-refractivity contribution in [2.45, 2.75) is 38.5 Å². The molecule has 0 radical (unpaired) electrons. The van der Waals surface area contributed by atoms with E-state index in [9.17, 15) is 18.3 Å². The third-order valence-electron chi connectivity index (χ3n) is 3.69. The largest absolute Gasteiger partial charge is 0.493 e. The van der Waals surface area contributed by atoms with Crippen LogP contribution in [0.1, 0.15) is 32.3 Å². The van der Waals surface area contributed by atoms with Gasteiger partial charge in [0.2, 0.25) is 0 Å². The second kappa shape index (κ2) is 6.16. The van der Waals surface area contributed by atoms with Crippen LogP contribution >= 0.6 is 0 Å². The minimum atomic E-state index is -4.79. The van der Waals surface area contributed by atoms with Crippen LogP contribution in [-0.2, 0) is 5.60 Å². The van der Waals surface area contributed by atoms with E-state index < -0.39 is 11.8 Å². The van der Waals surface area contributed by atoms with Gasteiger partial charge in [-0.15, -0.1) is 0 Å². The molecule has 0 spiro atoms. The highest BCUT2D eigenvalue weighted by molar-refractivity contribution is 5.88. The average Bonchev–Trinajstić information content (AvgIpc) is 2.45.